The SMILES string of the molecule is Cc1cc(C(F)(F)F)ncc1-c1cnc2[nH]c(-c3c(F)cccc3Cl)cc2n1. The zero-order chi connectivity index (χ0) is 20.1. The highest BCUT2D eigenvalue weighted by Crippen LogP contribution is 2.33. The fraction of sp³-hybridized carbons (Fsp3) is 0.105. The van der Waals surface area contributed by atoms with E-state index in [2.05, 4.69) is 19.9 Å². The molecule has 0 aliphatic heterocycles. The first kappa shape index (κ1) is 18.4. The molecule has 4 rings (SSSR count). The van der Waals surface area contributed by atoms with E-state index < -0.39 is 17.7 Å². The van der Waals surface area contributed by atoms with Crippen LogP contribution in [0.4, 0.5) is 17.6 Å². The maximum absolute atomic E-state index is 14.2. The number of fused-ring (bicyclic) bond motifs is 1. The van der Waals surface area contributed by atoms with E-state index in [1.165, 1.54) is 18.3 Å². The number of alkyl halides is 3. The third-order valence-corrected chi connectivity index (χ3v) is 4.56. The van der Waals surface area contributed by atoms with Gasteiger partial charge in [-0.1, -0.05) is 17.7 Å². The summed E-state index contributed by atoms with van der Waals surface area (Å²) in [5.74, 6) is -0.498. The standard InChI is InChI=1S/C19H11ClF4N4/c1-9-5-16(19(22,23)24)25-7-10(9)15-8-26-18-14(27-15)6-13(28-18)17-11(20)3-2-4-12(17)21/h2-8H,1H3,(H,26,28). The Kier molecular flexibility index (Phi) is 4.30. The minimum absolute atomic E-state index is 0.192. The molecule has 3 aromatic heterocycles. The van der Waals surface area contributed by atoms with E-state index in [4.69, 9.17) is 11.6 Å². The van der Waals surface area contributed by atoms with Crippen molar-refractivity contribution in [2.75, 3.05) is 0 Å². The van der Waals surface area contributed by atoms with Crippen LogP contribution < -0.4 is 0 Å². The highest BCUT2D eigenvalue weighted by Gasteiger charge is 2.32. The Hall–Kier alpha value is -3.00. The molecule has 0 unspecified atom stereocenters. The molecule has 1 aromatic carbocycles. The van der Waals surface area contributed by atoms with Gasteiger partial charge in [0.1, 0.15) is 17.0 Å². The molecule has 3 heterocycles. The Morgan fingerprint density at radius 1 is 1.07 bits per heavy atom. The number of halogens is 5. The fourth-order valence-corrected chi connectivity index (χ4v) is 3.16. The number of aromatic nitrogens is 4. The van der Waals surface area contributed by atoms with Crippen molar-refractivity contribution in [2.24, 2.45) is 0 Å². The number of nitrogens with zero attached hydrogens (tertiary/aromatic N) is 3. The van der Waals surface area contributed by atoms with Crippen molar-refractivity contribution in [1.29, 1.82) is 0 Å². The van der Waals surface area contributed by atoms with Crippen LogP contribution in [0.25, 0.3) is 33.7 Å². The first-order chi connectivity index (χ1) is 13.2. The van der Waals surface area contributed by atoms with E-state index in [9.17, 15) is 17.6 Å². The zero-order valence-electron chi connectivity index (χ0n) is 14.3. The molecule has 4 nitrogen and oxygen atoms in total. The minimum Gasteiger partial charge on any atom is -0.338 e. The van der Waals surface area contributed by atoms with Crippen LogP contribution in [-0.4, -0.2) is 19.9 Å². The second kappa shape index (κ2) is 6.56. The van der Waals surface area contributed by atoms with E-state index >= 15 is 0 Å². The van der Waals surface area contributed by atoms with E-state index in [0.717, 1.165) is 12.3 Å². The average Bonchev–Trinajstić information content (AvgIpc) is 3.03. The van der Waals surface area contributed by atoms with Crippen molar-refractivity contribution in [1.82, 2.24) is 19.9 Å². The molecular weight excluding hydrogens is 396 g/mol. The van der Waals surface area contributed by atoms with Crippen molar-refractivity contribution in [3.05, 3.63) is 64.8 Å². The van der Waals surface area contributed by atoms with Gasteiger partial charge < -0.3 is 4.98 Å². The smallest absolute Gasteiger partial charge is 0.338 e. The first-order valence-electron chi connectivity index (χ1n) is 8.08. The predicted molar refractivity (Wildman–Crippen MR) is 97.3 cm³/mol. The maximum Gasteiger partial charge on any atom is 0.433 e. The molecule has 0 atom stereocenters. The van der Waals surface area contributed by atoms with E-state index in [1.807, 2.05) is 0 Å². The number of nitrogens with one attached hydrogen (secondary N) is 1. The third-order valence-electron chi connectivity index (χ3n) is 4.24. The molecule has 4 aromatic rings. The van der Waals surface area contributed by atoms with Gasteiger partial charge in [-0.15, -0.1) is 0 Å². The van der Waals surface area contributed by atoms with Crippen LogP contribution >= 0.6 is 11.6 Å². The van der Waals surface area contributed by atoms with Gasteiger partial charge >= 0.3 is 6.18 Å². The topological polar surface area (TPSA) is 54.5 Å². The number of aromatic amines is 1. The summed E-state index contributed by atoms with van der Waals surface area (Å²) in [5, 5.41) is 0.231. The molecule has 9 heteroatoms. The zero-order valence-corrected chi connectivity index (χ0v) is 15.0. The Morgan fingerprint density at radius 3 is 2.54 bits per heavy atom. The second-order valence-corrected chi connectivity index (χ2v) is 6.56. The predicted octanol–water partition coefficient (Wildman–Crippen LogP) is 5.81. The number of aryl methyl sites for hydroxylation is 1. The quantitative estimate of drug-likeness (QED) is 0.427. The van der Waals surface area contributed by atoms with Gasteiger partial charge in [-0.25, -0.2) is 14.4 Å². The summed E-state index contributed by atoms with van der Waals surface area (Å²) >= 11 is 6.09. The summed E-state index contributed by atoms with van der Waals surface area (Å²) in [4.78, 5) is 15.1. The van der Waals surface area contributed by atoms with Crippen molar-refractivity contribution < 1.29 is 17.6 Å². The normalized spacial score (nSPS) is 11.9. The molecule has 142 valence electrons. The van der Waals surface area contributed by atoms with Crippen molar-refractivity contribution in [3.8, 4) is 22.5 Å². The van der Waals surface area contributed by atoms with Crippen LogP contribution in [0.5, 0.6) is 0 Å². The minimum atomic E-state index is -4.52. The summed E-state index contributed by atoms with van der Waals surface area (Å²) in [6, 6.07) is 6.90. The van der Waals surface area contributed by atoms with Gasteiger partial charge in [-0.05, 0) is 36.8 Å². The van der Waals surface area contributed by atoms with Crippen LogP contribution in [0.15, 0.2) is 42.7 Å². The molecule has 0 saturated heterocycles. The first-order valence-corrected chi connectivity index (χ1v) is 8.46. The molecule has 0 aliphatic carbocycles. The Labute approximate surface area is 161 Å². The fourth-order valence-electron chi connectivity index (χ4n) is 2.90. The van der Waals surface area contributed by atoms with Crippen molar-refractivity contribution in [3.63, 3.8) is 0 Å². The van der Waals surface area contributed by atoms with Crippen LogP contribution in [0.1, 0.15) is 11.3 Å². The average molecular weight is 407 g/mol. The molecule has 28 heavy (non-hydrogen) atoms. The summed E-state index contributed by atoms with van der Waals surface area (Å²) in [6.45, 7) is 1.54. The number of benzene rings is 1. The number of rotatable bonds is 2. The van der Waals surface area contributed by atoms with Gasteiger partial charge in [0.25, 0.3) is 0 Å². The van der Waals surface area contributed by atoms with Crippen molar-refractivity contribution in [2.45, 2.75) is 13.1 Å². The van der Waals surface area contributed by atoms with Crippen LogP contribution in [0.3, 0.4) is 0 Å². The molecule has 0 saturated carbocycles. The number of hydrogen-bond acceptors (Lipinski definition) is 3. The molecule has 0 fully saturated rings. The lowest BCUT2D eigenvalue weighted by Gasteiger charge is -2.09. The Balaban J connectivity index is 1.79. The van der Waals surface area contributed by atoms with Gasteiger partial charge in [0.05, 0.1) is 28.2 Å². The van der Waals surface area contributed by atoms with Crippen LogP contribution in [0, 0.1) is 12.7 Å². The van der Waals surface area contributed by atoms with E-state index in [-0.39, 0.29) is 10.6 Å². The molecule has 0 bridgehead atoms. The molecule has 1 N–H and O–H groups in total. The van der Waals surface area contributed by atoms with Gasteiger partial charge in [0.15, 0.2) is 5.65 Å². The lowest BCUT2D eigenvalue weighted by molar-refractivity contribution is -0.141. The monoisotopic (exact) mass is 406 g/mol. The van der Waals surface area contributed by atoms with Gasteiger partial charge in [0.2, 0.25) is 0 Å². The lowest BCUT2D eigenvalue weighted by Crippen LogP contribution is -2.08. The second-order valence-electron chi connectivity index (χ2n) is 6.15. The lowest BCUT2D eigenvalue weighted by atomic mass is 10.1. The number of H-pyrrole nitrogens is 1. The van der Waals surface area contributed by atoms with Crippen LogP contribution in [0.2, 0.25) is 5.02 Å². The summed E-state index contributed by atoms with van der Waals surface area (Å²) < 4.78 is 52.6. The largest absolute Gasteiger partial charge is 0.433 e. The highest BCUT2D eigenvalue weighted by molar-refractivity contribution is 6.33. The van der Waals surface area contributed by atoms with Gasteiger partial charge in [-0.2, -0.15) is 13.2 Å². The molecule has 0 radical (unpaired) electrons. The van der Waals surface area contributed by atoms with Crippen LogP contribution in [-0.2, 0) is 6.18 Å². The molecule has 0 spiro atoms. The van der Waals surface area contributed by atoms with Gasteiger partial charge in [-0.3, -0.25) is 4.98 Å². The van der Waals surface area contributed by atoms with E-state index in [0.29, 0.717) is 33.7 Å². The molecule has 0 amide bonds. The van der Waals surface area contributed by atoms with E-state index in [1.54, 1.807) is 19.1 Å². The molecular formula is C19H11ClF4N4. The maximum atomic E-state index is 14.2. The number of hydrogen-bond donors (Lipinski definition) is 1. The summed E-state index contributed by atoms with van der Waals surface area (Å²) in [5.41, 5.74) is 1.59. The molecule has 0 aliphatic rings. The highest BCUT2D eigenvalue weighted by atomic mass is 35.5. The van der Waals surface area contributed by atoms with Gasteiger partial charge in [0, 0.05) is 11.8 Å². The summed E-state index contributed by atoms with van der Waals surface area (Å²) in [6.07, 6.45) is -1.98. The third kappa shape index (κ3) is 3.20. The Morgan fingerprint density at radius 2 is 1.86 bits per heavy atom. The number of pyridine rings is 1. The summed E-state index contributed by atoms with van der Waals surface area (Å²) in [7, 11) is 0. The van der Waals surface area contributed by atoms with Crippen molar-refractivity contribution >= 4 is 22.8 Å². The Bertz CT molecular complexity index is 1180.